The third-order valence-corrected chi connectivity index (χ3v) is 1.88. The molecule has 16 heavy (non-hydrogen) atoms. The van der Waals surface area contributed by atoms with Gasteiger partial charge >= 0.3 is 5.97 Å². The molecular formula is C9H6F2N2O3. The largest absolute Gasteiger partial charge is 0.481 e. The SMILES string of the molecule is N#Cc1c[nH]c(C(F)F)c(CC(=O)O)c1=O. The lowest BCUT2D eigenvalue weighted by Crippen LogP contribution is -2.20. The highest BCUT2D eigenvalue weighted by atomic mass is 19.3. The molecule has 0 fully saturated rings. The van der Waals surface area contributed by atoms with Crippen molar-refractivity contribution in [2.24, 2.45) is 0 Å². The summed E-state index contributed by atoms with van der Waals surface area (Å²) in [5.74, 6) is -1.41. The third kappa shape index (κ3) is 2.23. The number of hydrogen-bond acceptors (Lipinski definition) is 3. The second-order valence-electron chi connectivity index (χ2n) is 2.91. The average molecular weight is 228 g/mol. The molecule has 0 bridgehead atoms. The van der Waals surface area contributed by atoms with Crippen LogP contribution in [0.2, 0.25) is 0 Å². The summed E-state index contributed by atoms with van der Waals surface area (Å²) in [5, 5.41) is 17.0. The van der Waals surface area contributed by atoms with Gasteiger partial charge in [-0.3, -0.25) is 9.59 Å². The van der Waals surface area contributed by atoms with Crippen LogP contribution in [0.5, 0.6) is 0 Å². The fourth-order valence-corrected chi connectivity index (χ4v) is 1.19. The number of nitriles is 1. The molecule has 0 aliphatic rings. The number of nitrogens with zero attached hydrogens (tertiary/aromatic N) is 1. The Kier molecular flexibility index (Phi) is 3.35. The Morgan fingerprint density at radius 1 is 1.62 bits per heavy atom. The first-order valence-electron chi connectivity index (χ1n) is 4.12. The summed E-state index contributed by atoms with van der Waals surface area (Å²) in [7, 11) is 0. The van der Waals surface area contributed by atoms with Crippen molar-refractivity contribution in [3.63, 3.8) is 0 Å². The fraction of sp³-hybridized carbons (Fsp3) is 0.222. The molecule has 1 heterocycles. The Morgan fingerprint density at radius 3 is 2.69 bits per heavy atom. The Hall–Kier alpha value is -2.23. The Morgan fingerprint density at radius 2 is 2.25 bits per heavy atom. The van der Waals surface area contributed by atoms with Gasteiger partial charge in [-0.25, -0.2) is 8.78 Å². The number of aromatic amines is 1. The minimum absolute atomic E-state index is 0.388. The maximum Gasteiger partial charge on any atom is 0.308 e. The van der Waals surface area contributed by atoms with Gasteiger partial charge in [0.1, 0.15) is 11.6 Å². The number of nitrogens with one attached hydrogen (secondary N) is 1. The van der Waals surface area contributed by atoms with Gasteiger partial charge in [-0.15, -0.1) is 0 Å². The number of hydrogen-bond donors (Lipinski definition) is 2. The van der Waals surface area contributed by atoms with Gasteiger partial charge in [0.25, 0.3) is 6.43 Å². The van der Waals surface area contributed by atoms with Crippen LogP contribution in [0.3, 0.4) is 0 Å². The maximum absolute atomic E-state index is 12.4. The van der Waals surface area contributed by atoms with Crippen LogP contribution in [-0.2, 0) is 11.2 Å². The van der Waals surface area contributed by atoms with Gasteiger partial charge in [-0.05, 0) is 0 Å². The zero-order chi connectivity index (χ0) is 12.3. The molecule has 0 spiro atoms. The third-order valence-electron chi connectivity index (χ3n) is 1.88. The van der Waals surface area contributed by atoms with E-state index in [0.29, 0.717) is 0 Å². The van der Waals surface area contributed by atoms with E-state index >= 15 is 0 Å². The van der Waals surface area contributed by atoms with Gasteiger partial charge in [0.05, 0.1) is 12.1 Å². The molecule has 2 N–H and O–H groups in total. The van der Waals surface area contributed by atoms with E-state index in [-0.39, 0.29) is 5.56 Å². The lowest BCUT2D eigenvalue weighted by atomic mass is 10.1. The number of rotatable bonds is 3. The van der Waals surface area contributed by atoms with E-state index in [9.17, 15) is 18.4 Å². The summed E-state index contributed by atoms with van der Waals surface area (Å²) < 4.78 is 24.9. The van der Waals surface area contributed by atoms with Gasteiger partial charge in [0.2, 0.25) is 5.43 Å². The second kappa shape index (κ2) is 4.53. The molecule has 0 amide bonds. The fourth-order valence-electron chi connectivity index (χ4n) is 1.19. The molecule has 84 valence electrons. The van der Waals surface area contributed by atoms with Crippen LogP contribution in [0, 0.1) is 11.3 Å². The van der Waals surface area contributed by atoms with Crippen molar-refractivity contribution in [3.8, 4) is 6.07 Å². The van der Waals surface area contributed by atoms with Gasteiger partial charge in [0.15, 0.2) is 0 Å². The standard InChI is InChI=1S/C9H6F2N2O3/c10-9(11)7-5(1-6(14)15)8(16)4(2-12)3-13-7/h3,9H,1H2,(H,13,16)(H,14,15). The van der Waals surface area contributed by atoms with Crippen molar-refractivity contribution in [1.29, 1.82) is 5.26 Å². The van der Waals surface area contributed by atoms with Crippen molar-refractivity contribution in [2.75, 3.05) is 0 Å². The zero-order valence-electron chi connectivity index (χ0n) is 7.83. The molecule has 0 aromatic carbocycles. The van der Waals surface area contributed by atoms with E-state index in [1.54, 1.807) is 0 Å². The van der Waals surface area contributed by atoms with Crippen LogP contribution < -0.4 is 5.43 Å². The van der Waals surface area contributed by atoms with Crippen LogP contribution in [0.1, 0.15) is 23.2 Å². The maximum atomic E-state index is 12.4. The number of alkyl halides is 2. The molecule has 0 unspecified atom stereocenters. The van der Waals surface area contributed by atoms with E-state index in [0.717, 1.165) is 6.20 Å². The smallest absolute Gasteiger partial charge is 0.308 e. The van der Waals surface area contributed by atoms with E-state index in [4.69, 9.17) is 10.4 Å². The van der Waals surface area contributed by atoms with Gasteiger partial charge in [-0.1, -0.05) is 0 Å². The first-order chi connectivity index (χ1) is 7.47. The molecule has 1 rings (SSSR count). The first-order valence-corrected chi connectivity index (χ1v) is 4.12. The molecule has 5 nitrogen and oxygen atoms in total. The van der Waals surface area contributed by atoms with E-state index < -0.39 is 35.5 Å². The highest BCUT2D eigenvalue weighted by Crippen LogP contribution is 2.18. The summed E-state index contributed by atoms with van der Waals surface area (Å²) in [6.07, 6.45) is -2.99. The molecule has 0 aliphatic heterocycles. The number of halogens is 2. The van der Waals surface area contributed by atoms with E-state index in [1.807, 2.05) is 0 Å². The first kappa shape index (κ1) is 11.8. The number of aromatic nitrogens is 1. The molecule has 7 heteroatoms. The Bertz CT molecular complexity index is 516. The van der Waals surface area contributed by atoms with Crippen LogP contribution in [-0.4, -0.2) is 16.1 Å². The number of H-pyrrole nitrogens is 1. The van der Waals surface area contributed by atoms with Crippen LogP contribution in [0.4, 0.5) is 8.78 Å². The van der Waals surface area contributed by atoms with E-state index in [2.05, 4.69) is 4.98 Å². The number of carbonyl (C=O) groups is 1. The molecular weight excluding hydrogens is 222 g/mol. The number of carboxylic acid groups (broad SMARTS) is 1. The lowest BCUT2D eigenvalue weighted by Gasteiger charge is -2.06. The summed E-state index contributed by atoms with van der Waals surface area (Å²) >= 11 is 0. The summed E-state index contributed by atoms with van der Waals surface area (Å²) in [6.45, 7) is 0. The van der Waals surface area contributed by atoms with Crippen molar-refractivity contribution in [1.82, 2.24) is 4.98 Å². The molecule has 1 aromatic heterocycles. The van der Waals surface area contributed by atoms with E-state index in [1.165, 1.54) is 6.07 Å². The average Bonchev–Trinajstić information content (AvgIpc) is 2.19. The second-order valence-corrected chi connectivity index (χ2v) is 2.91. The normalized spacial score (nSPS) is 10.1. The van der Waals surface area contributed by atoms with Crippen molar-refractivity contribution in [3.05, 3.63) is 33.2 Å². The predicted molar refractivity (Wildman–Crippen MR) is 48.1 cm³/mol. The molecule has 0 atom stereocenters. The number of pyridine rings is 1. The van der Waals surface area contributed by atoms with Crippen molar-refractivity contribution < 1.29 is 18.7 Å². The minimum Gasteiger partial charge on any atom is -0.481 e. The lowest BCUT2D eigenvalue weighted by molar-refractivity contribution is -0.136. The quantitative estimate of drug-likeness (QED) is 0.800. The molecule has 0 saturated carbocycles. The van der Waals surface area contributed by atoms with Crippen LogP contribution in [0.15, 0.2) is 11.0 Å². The predicted octanol–water partition coefficient (Wildman–Crippen LogP) is 0.811. The number of aliphatic carboxylic acids is 1. The highest BCUT2D eigenvalue weighted by Gasteiger charge is 2.20. The zero-order valence-corrected chi connectivity index (χ0v) is 7.83. The topological polar surface area (TPSA) is 93.9 Å². The van der Waals surface area contributed by atoms with Crippen molar-refractivity contribution >= 4 is 5.97 Å². The Balaban J connectivity index is 3.44. The van der Waals surface area contributed by atoms with Gasteiger partial charge in [0, 0.05) is 11.8 Å². The van der Waals surface area contributed by atoms with Crippen LogP contribution >= 0.6 is 0 Å². The van der Waals surface area contributed by atoms with Gasteiger partial charge < -0.3 is 10.1 Å². The minimum atomic E-state index is -2.99. The molecule has 0 radical (unpaired) electrons. The summed E-state index contributed by atoms with van der Waals surface area (Å²) in [4.78, 5) is 23.9. The molecule has 1 aromatic rings. The summed E-state index contributed by atoms with van der Waals surface area (Å²) in [6, 6.07) is 1.49. The van der Waals surface area contributed by atoms with Gasteiger partial charge in [-0.2, -0.15) is 5.26 Å². The monoisotopic (exact) mass is 228 g/mol. The van der Waals surface area contributed by atoms with Crippen molar-refractivity contribution in [2.45, 2.75) is 12.8 Å². The Labute approximate surface area is 88.0 Å². The molecule has 0 aliphatic carbocycles. The molecule has 0 saturated heterocycles. The highest BCUT2D eigenvalue weighted by molar-refractivity contribution is 5.70. The summed E-state index contributed by atoms with van der Waals surface area (Å²) in [5.41, 5.74) is -2.70. The van der Waals surface area contributed by atoms with Crippen LogP contribution in [0.25, 0.3) is 0 Å². The number of carboxylic acids is 1.